The molecule has 3 rings (SSSR count). The first-order valence-corrected chi connectivity index (χ1v) is 10.6. The summed E-state index contributed by atoms with van der Waals surface area (Å²) in [6.07, 6.45) is 0.0763. The summed E-state index contributed by atoms with van der Waals surface area (Å²) in [6, 6.07) is 8.95. The smallest absolute Gasteiger partial charge is 0.254 e. The Morgan fingerprint density at radius 1 is 0.923 bits per heavy atom. The number of hydrazine groups is 1. The van der Waals surface area contributed by atoms with Gasteiger partial charge in [-0.1, -0.05) is 12.1 Å². The topological polar surface area (TPSA) is 121 Å². The van der Waals surface area contributed by atoms with Crippen LogP contribution in [0.4, 0.5) is 5.69 Å². The van der Waals surface area contributed by atoms with Crippen molar-refractivity contribution in [1.82, 2.24) is 9.66 Å². The van der Waals surface area contributed by atoms with Gasteiger partial charge in [-0.25, -0.2) is 16.8 Å². The second-order valence-corrected chi connectivity index (χ2v) is 9.36. The van der Waals surface area contributed by atoms with Crippen LogP contribution < -0.4 is 15.0 Å². The van der Waals surface area contributed by atoms with Gasteiger partial charge in [0.1, 0.15) is 0 Å². The highest BCUT2D eigenvalue weighted by Gasteiger charge is 2.24. The van der Waals surface area contributed by atoms with Crippen LogP contribution in [0.3, 0.4) is 0 Å². The molecule has 1 aliphatic rings. The van der Waals surface area contributed by atoms with Gasteiger partial charge in [-0.15, -0.1) is 9.66 Å². The number of anilines is 1. The number of hydrogen-bond donors (Lipinski definition) is 3. The lowest BCUT2D eigenvalue weighted by Gasteiger charge is -2.12. The van der Waals surface area contributed by atoms with Crippen molar-refractivity contribution in [3.8, 4) is 0 Å². The molecule has 2 aromatic carbocycles. The highest BCUT2D eigenvalue weighted by Crippen LogP contribution is 2.25. The molecule has 0 atom stereocenters. The maximum Gasteiger partial charge on any atom is 0.254 e. The molecule has 0 saturated heterocycles. The monoisotopic (exact) mass is 395 g/mol. The fourth-order valence-electron chi connectivity index (χ4n) is 2.59. The Kier molecular flexibility index (Phi) is 4.61. The predicted octanol–water partition coefficient (Wildman–Crippen LogP) is 0.970. The van der Waals surface area contributed by atoms with Gasteiger partial charge in [0.05, 0.1) is 16.2 Å². The van der Waals surface area contributed by atoms with Crippen molar-refractivity contribution in [2.75, 3.05) is 5.32 Å². The normalized spacial score (nSPS) is 14.2. The van der Waals surface area contributed by atoms with Crippen molar-refractivity contribution in [2.45, 2.75) is 30.1 Å². The number of benzene rings is 2. The summed E-state index contributed by atoms with van der Waals surface area (Å²) in [5, 5.41) is 2.60. The van der Waals surface area contributed by atoms with Crippen LogP contribution in [-0.2, 0) is 31.3 Å². The Balaban J connectivity index is 1.83. The number of nitrogens with one attached hydrogen (secondary N) is 3. The van der Waals surface area contributed by atoms with E-state index in [2.05, 4.69) is 5.32 Å². The van der Waals surface area contributed by atoms with Gasteiger partial charge in [-0.05, 0) is 54.8 Å². The molecule has 0 aromatic heterocycles. The fraction of sp³-hybridized carbons (Fsp3) is 0.188. The van der Waals surface area contributed by atoms with Crippen LogP contribution >= 0.6 is 0 Å². The molecule has 10 heteroatoms. The standard InChI is InChI=1S/C16H17N3O5S2/c1-10-3-4-11(2)15(7-10)26(23,24)19-18-25(21,22)13-5-6-14-12(8-13)9-16(20)17-14/h3-8,18-19H,9H2,1-2H3,(H,17,20). The zero-order valence-electron chi connectivity index (χ0n) is 14.0. The van der Waals surface area contributed by atoms with Crippen molar-refractivity contribution in [3.63, 3.8) is 0 Å². The van der Waals surface area contributed by atoms with Crippen molar-refractivity contribution in [1.29, 1.82) is 0 Å². The minimum absolute atomic E-state index is 0.0102. The van der Waals surface area contributed by atoms with E-state index < -0.39 is 20.0 Å². The molecule has 0 unspecified atom stereocenters. The molecule has 0 fully saturated rings. The maximum absolute atomic E-state index is 12.4. The third-order valence-corrected chi connectivity index (χ3v) is 6.72. The first-order chi connectivity index (χ1) is 12.1. The van der Waals surface area contributed by atoms with Gasteiger partial charge in [-0.2, -0.15) is 0 Å². The van der Waals surface area contributed by atoms with Gasteiger partial charge in [0, 0.05) is 5.69 Å². The molecule has 0 aliphatic carbocycles. The summed E-state index contributed by atoms with van der Waals surface area (Å²) in [6.45, 7) is 3.36. The third kappa shape index (κ3) is 3.63. The van der Waals surface area contributed by atoms with Gasteiger partial charge < -0.3 is 5.32 Å². The zero-order valence-corrected chi connectivity index (χ0v) is 15.7. The molecule has 1 heterocycles. The van der Waals surface area contributed by atoms with Crippen molar-refractivity contribution >= 4 is 31.6 Å². The summed E-state index contributed by atoms with van der Waals surface area (Å²) >= 11 is 0. The van der Waals surface area contributed by atoms with E-state index in [1.807, 2.05) is 9.66 Å². The minimum atomic E-state index is -4.14. The van der Waals surface area contributed by atoms with Gasteiger partial charge in [0.2, 0.25) is 5.91 Å². The lowest BCUT2D eigenvalue weighted by molar-refractivity contribution is -0.115. The van der Waals surface area contributed by atoms with Crippen LogP contribution in [0, 0.1) is 13.8 Å². The molecule has 0 spiro atoms. The number of hydrogen-bond acceptors (Lipinski definition) is 5. The second kappa shape index (κ2) is 6.47. The van der Waals surface area contributed by atoms with Crippen LogP contribution in [0.2, 0.25) is 0 Å². The first-order valence-electron chi connectivity index (χ1n) is 7.62. The molecule has 1 amide bonds. The van der Waals surface area contributed by atoms with Crippen molar-refractivity contribution in [2.24, 2.45) is 0 Å². The zero-order chi connectivity index (χ0) is 19.1. The summed E-state index contributed by atoms with van der Waals surface area (Å²) in [7, 11) is -8.22. The largest absolute Gasteiger partial charge is 0.326 e. The van der Waals surface area contributed by atoms with Gasteiger partial charge in [-0.3, -0.25) is 4.79 Å². The van der Waals surface area contributed by atoms with E-state index in [1.54, 1.807) is 26.0 Å². The fourth-order valence-corrected chi connectivity index (χ4v) is 5.08. The Labute approximate surface area is 151 Å². The maximum atomic E-state index is 12.4. The Morgan fingerprint density at radius 3 is 2.35 bits per heavy atom. The van der Waals surface area contributed by atoms with Gasteiger partial charge in [0.25, 0.3) is 20.0 Å². The average Bonchev–Trinajstić information content (AvgIpc) is 2.94. The number of rotatable bonds is 5. The highest BCUT2D eigenvalue weighted by atomic mass is 32.2. The van der Waals surface area contributed by atoms with Crippen molar-refractivity contribution < 1.29 is 21.6 Å². The summed E-state index contributed by atoms with van der Waals surface area (Å²) < 4.78 is 49.6. The van der Waals surface area contributed by atoms with Gasteiger partial charge >= 0.3 is 0 Å². The first kappa shape index (κ1) is 18.5. The number of sulfonamides is 2. The second-order valence-electron chi connectivity index (χ2n) is 6.02. The van der Waals surface area contributed by atoms with E-state index in [0.29, 0.717) is 16.8 Å². The SMILES string of the molecule is Cc1ccc(C)c(S(=O)(=O)NNS(=O)(=O)c2ccc3c(c2)CC(=O)N3)c1. The lowest BCUT2D eigenvalue weighted by Crippen LogP contribution is -2.41. The van der Waals surface area contributed by atoms with Crippen LogP contribution in [0.1, 0.15) is 16.7 Å². The molecule has 1 aliphatic heterocycles. The Bertz CT molecular complexity index is 1110. The van der Waals surface area contributed by atoms with Gasteiger partial charge in [0.15, 0.2) is 0 Å². The average molecular weight is 395 g/mol. The van der Waals surface area contributed by atoms with E-state index in [0.717, 1.165) is 5.56 Å². The molecule has 0 radical (unpaired) electrons. The molecule has 0 saturated carbocycles. The number of amides is 1. The van der Waals surface area contributed by atoms with Crippen LogP contribution in [0.5, 0.6) is 0 Å². The van der Waals surface area contributed by atoms with E-state index in [9.17, 15) is 21.6 Å². The molecule has 26 heavy (non-hydrogen) atoms. The predicted molar refractivity (Wildman–Crippen MR) is 95.3 cm³/mol. The van der Waals surface area contributed by atoms with E-state index in [-0.39, 0.29) is 22.1 Å². The minimum Gasteiger partial charge on any atom is -0.326 e. The number of fused-ring (bicyclic) bond motifs is 1. The number of aryl methyl sites for hydroxylation is 2. The lowest BCUT2D eigenvalue weighted by atomic mass is 10.2. The summed E-state index contributed by atoms with van der Waals surface area (Å²) in [5.41, 5.74) is 2.30. The van der Waals surface area contributed by atoms with E-state index in [1.165, 1.54) is 24.3 Å². The third-order valence-electron chi connectivity index (χ3n) is 3.96. The summed E-state index contributed by atoms with van der Waals surface area (Å²) in [5.74, 6) is -0.224. The molecule has 8 nitrogen and oxygen atoms in total. The molecule has 2 aromatic rings. The van der Waals surface area contributed by atoms with Crippen LogP contribution in [-0.4, -0.2) is 22.7 Å². The Morgan fingerprint density at radius 2 is 1.62 bits per heavy atom. The number of carbonyl (C=O) groups excluding carboxylic acids is 1. The molecule has 3 N–H and O–H groups in total. The highest BCUT2D eigenvalue weighted by molar-refractivity contribution is 7.92. The Hall–Kier alpha value is -2.27. The molecule has 0 bridgehead atoms. The molecule has 138 valence electrons. The number of carbonyl (C=O) groups is 1. The van der Waals surface area contributed by atoms with Crippen molar-refractivity contribution in [3.05, 3.63) is 53.1 Å². The molecular formula is C16H17N3O5S2. The van der Waals surface area contributed by atoms with E-state index in [4.69, 9.17) is 0 Å². The molecular weight excluding hydrogens is 378 g/mol. The summed E-state index contributed by atoms with van der Waals surface area (Å²) in [4.78, 5) is 15.0. The van der Waals surface area contributed by atoms with Crippen LogP contribution in [0.15, 0.2) is 46.2 Å². The van der Waals surface area contributed by atoms with Crippen LogP contribution in [0.25, 0.3) is 0 Å². The quantitative estimate of drug-likeness (QED) is 0.651. The van der Waals surface area contributed by atoms with E-state index >= 15 is 0 Å².